The Morgan fingerprint density at radius 2 is 1.88 bits per heavy atom. The second kappa shape index (κ2) is 7.70. The van der Waals surface area contributed by atoms with Crippen LogP contribution >= 0.6 is 0 Å². The first-order chi connectivity index (χ1) is 11.6. The zero-order valence-corrected chi connectivity index (χ0v) is 16.2. The van der Waals surface area contributed by atoms with Crippen LogP contribution < -0.4 is 4.72 Å². The number of rotatable bonds is 8. The van der Waals surface area contributed by atoms with Gasteiger partial charge in [0.25, 0.3) is 0 Å². The molecular weight excluding hydrogens is 390 g/mol. The van der Waals surface area contributed by atoms with Gasteiger partial charge in [0.2, 0.25) is 10.0 Å². The highest BCUT2D eigenvalue weighted by Gasteiger charge is 2.38. The minimum Gasteiger partial charge on any atom is -0.385 e. The van der Waals surface area contributed by atoms with Crippen molar-refractivity contribution in [2.75, 3.05) is 31.8 Å². The van der Waals surface area contributed by atoms with Crippen LogP contribution in [-0.4, -0.2) is 62.3 Å². The van der Waals surface area contributed by atoms with Crippen LogP contribution in [0.2, 0.25) is 0 Å². The van der Waals surface area contributed by atoms with Gasteiger partial charge in [-0.25, -0.2) is 30.0 Å². The quantitative estimate of drug-likeness (QED) is 0.595. The SMILES string of the molecule is COCCCNS(=O)(=O)c1cccc(S(=O)(=O)C2CCS(=O)(=O)C2)c1. The Labute approximate surface area is 148 Å². The number of ether oxygens (including phenoxy) is 1. The number of benzene rings is 1. The zero-order chi connectivity index (χ0) is 18.7. The van der Waals surface area contributed by atoms with Crippen molar-refractivity contribution in [3.63, 3.8) is 0 Å². The maximum Gasteiger partial charge on any atom is 0.240 e. The van der Waals surface area contributed by atoms with Gasteiger partial charge < -0.3 is 4.74 Å². The summed E-state index contributed by atoms with van der Waals surface area (Å²) in [6.45, 7) is 0.557. The molecule has 142 valence electrons. The first kappa shape index (κ1) is 20.3. The monoisotopic (exact) mass is 411 g/mol. The largest absolute Gasteiger partial charge is 0.385 e. The van der Waals surface area contributed by atoms with Crippen molar-refractivity contribution in [3.05, 3.63) is 24.3 Å². The molecule has 2 rings (SSSR count). The van der Waals surface area contributed by atoms with Gasteiger partial charge in [0, 0.05) is 20.3 Å². The summed E-state index contributed by atoms with van der Waals surface area (Å²) in [7, 11) is -9.63. The molecule has 25 heavy (non-hydrogen) atoms. The van der Waals surface area contributed by atoms with Gasteiger partial charge in [0.05, 0.1) is 26.5 Å². The van der Waals surface area contributed by atoms with Crippen LogP contribution in [0.15, 0.2) is 34.1 Å². The number of hydrogen-bond donors (Lipinski definition) is 1. The average molecular weight is 412 g/mol. The van der Waals surface area contributed by atoms with E-state index in [0.29, 0.717) is 13.0 Å². The molecule has 1 unspecified atom stereocenters. The topological polar surface area (TPSA) is 124 Å². The Morgan fingerprint density at radius 3 is 2.48 bits per heavy atom. The minimum atomic E-state index is -3.91. The Bertz CT molecular complexity index is 921. The third kappa shape index (κ3) is 5.00. The predicted octanol–water partition coefficient (Wildman–Crippen LogP) is -0.0378. The molecule has 1 aromatic carbocycles. The van der Waals surface area contributed by atoms with E-state index in [2.05, 4.69) is 4.72 Å². The lowest BCUT2D eigenvalue weighted by Gasteiger charge is -2.12. The second-order valence-electron chi connectivity index (χ2n) is 5.79. The molecule has 1 N–H and O–H groups in total. The fourth-order valence-electron chi connectivity index (χ4n) is 2.52. The van der Waals surface area contributed by atoms with Gasteiger partial charge in [-0.05, 0) is 31.0 Å². The molecule has 11 heteroatoms. The van der Waals surface area contributed by atoms with Crippen LogP contribution in [0.1, 0.15) is 12.8 Å². The van der Waals surface area contributed by atoms with Crippen molar-refractivity contribution in [3.8, 4) is 0 Å². The van der Waals surface area contributed by atoms with Gasteiger partial charge in [-0.3, -0.25) is 0 Å². The summed E-state index contributed by atoms with van der Waals surface area (Å²) in [6, 6.07) is 4.98. The highest BCUT2D eigenvalue weighted by molar-refractivity contribution is 7.96. The summed E-state index contributed by atoms with van der Waals surface area (Å²) in [5, 5.41) is -1.04. The normalized spacial score (nSPS) is 20.6. The van der Waals surface area contributed by atoms with E-state index in [0.717, 1.165) is 6.07 Å². The highest BCUT2D eigenvalue weighted by Crippen LogP contribution is 2.26. The third-order valence-corrected chi connectivity index (χ3v) is 9.52. The predicted molar refractivity (Wildman–Crippen MR) is 92.4 cm³/mol. The van der Waals surface area contributed by atoms with Crippen molar-refractivity contribution in [1.29, 1.82) is 0 Å². The van der Waals surface area contributed by atoms with E-state index >= 15 is 0 Å². The first-order valence-electron chi connectivity index (χ1n) is 7.61. The van der Waals surface area contributed by atoms with Crippen LogP contribution in [0, 0.1) is 0 Å². The number of methoxy groups -OCH3 is 1. The number of hydrogen-bond acceptors (Lipinski definition) is 7. The summed E-state index contributed by atoms with van der Waals surface area (Å²) in [4.78, 5) is -0.360. The highest BCUT2D eigenvalue weighted by atomic mass is 32.2. The molecule has 1 fully saturated rings. The zero-order valence-electron chi connectivity index (χ0n) is 13.7. The van der Waals surface area contributed by atoms with Gasteiger partial charge in [0.15, 0.2) is 19.7 Å². The van der Waals surface area contributed by atoms with Crippen LogP contribution in [0.5, 0.6) is 0 Å². The maximum atomic E-state index is 12.6. The molecule has 0 amide bonds. The summed E-state index contributed by atoms with van der Waals surface area (Å²) < 4.78 is 80.0. The molecule has 0 saturated carbocycles. The molecule has 0 aliphatic carbocycles. The van der Waals surface area contributed by atoms with E-state index in [-0.39, 0.29) is 28.5 Å². The molecular formula is C14H21NO7S3. The molecule has 1 aliphatic rings. The lowest BCUT2D eigenvalue weighted by molar-refractivity contribution is 0.196. The fourth-order valence-corrected chi connectivity index (χ4v) is 8.12. The average Bonchev–Trinajstić information content (AvgIpc) is 2.92. The lowest BCUT2D eigenvalue weighted by Crippen LogP contribution is -2.26. The van der Waals surface area contributed by atoms with Crippen LogP contribution in [0.25, 0.3) is 0 Å². The molecule has 1 aliphatic heterocycles. The van der Waals surface area contributed by atoms with E-state index in [1.807, 2.05) is 0 Å². The van der Waals surface area contributed by atoms with Gasteiger partial charge in [-0.15, -0.1) is 0 Å². The molecule has 1 heterocycles. The molecule has 1 saturated heterocycles. The Balaban J connectivity index is 2.23. The van der Waals surface area contributed by atoms with Crippen molar-refractivity contribution in [2.24, 2.45) is 0 Å². The number of nitrogens with one attached hydrogen (secondary N) is 1. The van der Waals surface area contributed by atoms with E-state index in [1.165, 1.54) is 25.3 Å². The lowest BCUT2D eigenvalue weighted by atomic mass is 10.4. The number of sulfone groups is 2. The van der Waals surface area contributed by atoms with Crippen molar-refractivity contribution >= 4 is 29.7 Å². The molecule has 0 radical (unpaired) electrons. The van der Waals surface area contributed by atoms with Crippen molar-refractivity contribution < 1.29 is 30.0 Å². The third-order valence-electron chi connectivity index (χ3n) is 3.89. The minimum absolute atomic E-state index is 0.0247. The first-order valence-corrected chi connectivity index (χ1v) is 12.5. The van der Waals surface area contributed by atoms with E-state index in [9.17, 15) is 25.3 Å². The van der Waals surface area contributed by atoms with Crippen LogP contribution in [-0.2, 0) is 34.4 Å². The van der Waals surface area contributed by atoms with Crippen LogP contribution in [0.4, 0.5) is 0 Å². The van der Waals surface area contributed by atoms with E-state index in [4.69, 9.17) is 4.74 Å². The number of sulfonamides is 1. The molecule has 8 nitrogen and oxygen atoms in total. The Kier molecular flexibility index (Phi) is 6.26. The summed E-state index contributed by atoms with van der Waals surface area (Å²) >= 11 is 0. The fraction of sp³-hybridized carbons (Fsp3) is 0.571. The molecule has 0 aromatic heterocycles. The van der Waals surface area contributed by atoms with Crippen molar-refractivity contribution in [1.82, 2.24) is 4.72 Å². The molecule has 0 bridgehead atoms. The van der Waals surface area contributed by atoms with Gasteiger partial charge >= 0.3 is 0 Å². The van der Waals surface area contributed by atoms with Gasteiger partial charge in [0.1, 0.15) is 0 Å². The van der Waals surface area contributed by atoms with E-state index in [1.54, 1.807) is 0 Å². The Morgan fingerprint density at radius 1 is 1.20 bits per heavy atom. The maximum absolute atomic E-state index is 12.6. The molecule has 0 spiro atoms. The summed E-state index contributed by atoms with van der Waals surface area (Å²) in [6.07, 6.45) is 0.505. The van der Waals surface area contributed by atoms with Gasteiger partial charge in [-0.2, -0.15) is 0 Å². The second-order valence-corrected chi connectivity index (χ2v) is 12.0. The summed E-state index contributed by atoms with van der Waals surface area (Å²) in [5.41, 5.74) is 0. The smallest absolute Gasteiger partial charge is 0.240 e. The standard InChI is InChI=1S/C14H21NO7S3/c1-22-8-3-7-15-25(20,21)13-5-2-4-12(10-13)24(18,19)14-6-9-23(16,17)11-14/h2,4-5,10,14-15H,3,6-9,11H2,1H3. The molecule has 1 aromatic rings. The van der Waals surface area contributed by atoms with Crippen LogP contribution in [0.3, 0.4) is 0 Å². The Hall–Kier alpha value is -1.01. The summed E-state index contributed by atoms with van der Waals surface area (Å²) in [5.74, 6) is -0.600. The van der Waals surface area contributed by atoms with Crippen molar-refractivity contribution in [2.45, 2.75) is 27.9 Å². The molecule has 1 atom stereocenters. The van der Waals surface area contributed by atoms with E-state index < -0.39 is 40.7 Å². The van der Waals surface area contributed by atoms with Gasteiger partial charge in [-0.1, -0.05) is 6.07 Å².